The van der Waals surface area contributed by atoms with Crippen LogP contribution < -0.4 is 10.4 Å². The molecule has 3 heteroatoms. The number of benzene rings is 3. The van der Waals surface area contributed by atoms with Crippen LogP contribution in [0.4, 0.5) is 0 Å². The molecule has 0 heterocycles. The quantitative estimate of drug-likeness (QED) is 0.317. The van der Waals surface area contributed by atoms with E-state index in [-0.39, 0.29) is 5.04 Å². The molecule has 28 heavy (non-hydrogen) atoms. The summed E-state index contributed by atoms with van der Waals surface area (Å²) in [5, 5.41) is 2.72. The lowest BCUT2D eigenvalue weighted by Crippen LogP contribution is -2.66. The normalized spacial score (nSPS) is 12.1. The van der Waals surface area contributed by atoms with Crippen LogP contribution >= 0.6 is 15.9 Å². The average Bonchev–Trinajstić information content (AvgIpc) is 2.70. The van der Waals surface area contributed by atoms with Gasteiger partial charge in [-0.05, 0) is 45.9 Å². The van der Waals surface area contributed by atoms with Gasteiger partial charge >= 0.3 is 0 Å². The Kier molecular flexibility index (Phi) is 6.92. The Morgan fingerprint density at radius 1 is 0.750 bits per heavy atom. The molecule has 3 aromatic rings. The Morgan fingerprint density at radius 2 is 1.25 bits per heavy atom. The Labute approximate surface area is 179 Å². The van der Waals surface area contributed by atoms with Crippen molar-refractivity contribution in [3.8, 4) is 0 Å². The van der Waals surface area contributed by atoms with Gasteiger partial charge in [-0.15, -0.1) is 0 Å². The van der Waals surface area contributed by atoms with E-state index in [2.05, 4.69) is 122 Å². The Hall–Kier alpha value is -1.68. The fraction of sp³-hybridized carbons (Fsp3) is 0.280. The summed E-state index contributed by atoms with van der Waals surface area (Å²) in [7, 11) is -2.40. The van der Waals surface area contributed by atoms with Gasteiger partial charge < -0.3 is 4.43 Å². The van der Waals surface area contributed by atoms with E-state index >= 15 is 0 Å². The number of hydrogen-bond acceptors (Lipinski definition) is 1. The molecule has 0 aliphatic carbocycles. The zero-order valence-electron chi connectivity index (χ0n) is 17.0. The summed E-state index contributed by atoms with van der Waals surface area (Å²) in [6.07, 6.45) is 2.05. The molecule has 146 valence electrons. The van der Waals surface area contributed by atoms with Crippen LogP contribution in [0, 0.1) is 0 Å². The van der Waals surface area contributed by atoms with E-state index in [9.17, 15) is 0 Å². The van der Waals surface area contributed by atoms with Gasteiger partial charge in [0.15, 0.2) is 0 Å². The van der Waals surface area contributed by atoms with E-state index in [4.69, 9.17) is 4.43 Å². The first-order chi connectivity index (χ1) is 13.4. The topological polar surface area (TPSA) is 9.23 Å². The van der Waals surface area contributed by atoms with Crippen molar-refractivity contribution < 1.29 is 4.43 Å². The van der Waals surface area contributed by atoms with Crippen LogP contribution in [0.3, 0.4) is 0 Å². The molecule has 0 atom stereocenters. The molecule has 0 fully saturated rings. The molecule has 3 rings (SSSR count). The predicted octanol–water partition coefficient (Wildman–Crippen LogP) is 5.96. The molecule has 0 saturated carbocycles. The third-order valence-corrected chi connectivity index (χ3v) is 10.8. The molecular formula is C25H29BrOSi. The van der Waals surface area contributed by atoms with Gasteiger partial charge in [0.1, 0.15) is 0 Å². The van der Waals surface area contributed by atoms with Crippen molar-refractivity contribution in [2.24, 2.45) is 0 Å². The zero-order chi connectivity index (χ0) is 20.0. The first-order valence-corrected chi connectivity index (χ1v) is 12.6. The maximum atomic E-state index is 6.94. The van der Waals surface area contributed by atoms with Crippen LogP contribution in [0.1, 0.15) is 32.8 Å². The summed E-state index contributed by atoms with van der Waals surface area (Å²) in [5.74, 6) is 0. The van der Waals surface area contributed by atoms with Crippen molar-refractivity contribution in [2.45, 2.75) is 38.7 Å². The van der Waals surface area contributed by atoms with Crippen LogP contribution in [0.25, 0.3) is 0 Å². The van der Waals surface area contributed by atoms with Gasteiger partial charge in [0.25, 0.3) is 8.32 Å². The molecule has 0 unspecified atom stereocenters. The molecule has 1 nitrogen and oxygen atoms in total. The highest BCUT2D eigenvalue weighted by atomic mass is 79.9. The average molecular weight is 453 g/mol. The lowest BCUT2D eigenvalue weighted by Gasteiger charge is -2.43. The Bertz CT molecular complexity index is 815. The van der Waals surface area contributed by atoms with E-state index < -0.39 is 8.32 Å². The van der Waals surface area contributed by atoms with Crippen LogP contribution in [-0.4, -0.2) is 14.9 Å². The third-order valence-electron chi connectivity index (χ3n) is 5.26. The minimum absolute atomic E-state index is 0.0350. The molecule has 0 saturated heterocycles. The smallest absolute Gasteiger partial charge is 0.261 e. The van der Waals surface area contributed by atoms with Crippen molar-refractivity contribution >= 4 is 34.6 Å². The minimum Gasteiger partial charge on any atom is -0.407 e. The molecule has 0 aliphatic rings. The predicted molar refractivity (Wildman–Crippen MR) is 126 cm³/mol. The molecule has 0 radical (unpaired) electrons. The summed E-state index contributed by atoms with van der Waals surface area (Å²) in [6, 6.07) is 30.3. The van der Waals surface area contributed by atoms with E-state index in [1.165, 1.54) is 15.9 Å². The zero-order valence-corrected chi connectivity index (χ0v) is 19.6. The van der Waals surface area contributed by atoms with Gasteiger partial charge in [0.05, 0.1) is 0 Å². The van der Waals surface area contributed by atoms with Crippen molar-refractivity contribution in [3.63, 3.8) is 0 Å². The molecule has 0 spiro atoms. The van der Waals surface area contributed by atoms with Crippen LogP contribution in [-0.2, 0) is 10.8 Å². The van der Waals surface area contributed by atoms with Crippen molar-refractivity contribution in [3.05, 3.63) is 95.0 Å². The summed E-state index contributed by atoms with van der Waals surface area (Å²) >= 11 is 3.51. The fourth-order valence-electron chi connectivity index (χ4n) is 3.91. The molecular weight excluding hydrogens is 424 g/mol. The largest absolute Gasteiger partial charge is 0.407 e. The third kappa shape index (κ3) is 4.65. The van der Waals surface area contributed by atoms with Gasteiger partial charge in [-0.3, -0.25) is 0 Å². The molecule has 0 aromatic heterocycles. The molecule has 3 aromatic carbocycles. The van der Waals surface area contributed by atoms with Gasteiger partial charge in [-0.2, -0.15) is 0 Å². The van der Waals surface area contributed by atoms with Crippen molar-refractivity contribution in [2.75, 3.05) is 6.61 Å². The van der Waals surface area contributed by atoms with Crippen molar-refractivity contribution in [1.82, 2.24) is 0 Å². The highest BCUT2D eigenvalue weighted by molar-refractivity contribution is 9.10. The van der Waals surface area contributed by atoms with Gasteiger partial charge in [-0.1, -0.05) is 109 Å². The lowest BCUT2D eigenvalue weighted by molar-refractivity contribution is 0.292. The monoisotopic (exact) mass is 452 g/mol. The first-order valence-electron chi connectivity index (χ1n) is 9.93. The second kappa shape index (κ2) is 9.21. The molecule has 0 N–H and O–H groups in total. The summed E-state index contributed by atoms with van der Waals surface area (Å²) < 4.78 is 8.07. The highest BCUT2D eigenvalue weighted by Crippen LogP contribution is 2.36. The number of halogens is 1. The SMILES string of the molecule is CC(C)(C)[Si](OCCCc1ccc(Br)cc1)(c1ccccc1)c1ccccc1. The lowest BCUT2D eigenvalue weighted by atomic mass is 10.1. The number of aryl methyl sites for hydroxylation is 1. The van der Waals surface area contributed by atoms with Gasteiger partial charge in [0, 0.05) is 11.1 Å². The maximum Gasteiger partial charge on any atom is 0.261 e. The second-order valence-corrected chi connectivity index (χ2v) is 13.5. The summed E-state index contributed by atoms with van der Waals surface area (Å²) in [6.45, 7) is 7.75. The summed E-state index contributed by atoms with van der Waals surface area (Å²) in [4.78, 5) is 0. The minimum atomic E-state index is -2.40. The van der Waals surface area contributed by atoms with E-state index in [0.717, 1.165) is 23.9 Å². The van der Waals surface area contributed by atoms with Gasteiger partial charge in [-0.25, -0.2) is 0 Å². The van der Waals surface area contributed by atoms with Crippen molar-refractivity contribution in [1.29, 1.82) is 0 Å². The highest BCUT2D eigenvalue weighted by Gasteiger charge is 2.49. The van der Waals surface area contributed by atoms with E-state index in [0.29, 0.717) is 0 Å². The van der Waals surface area contributed by atoms with Crippen LogP contribution in [0.2, 0.25) is 5.04 Å². The van der Waals surface area contributed by atoms with E-state index in [1.807, 2.05) is 0 Å². The van der Waals surface area contributed by atoms with Crippen LogP contribution in [0.15, 0.2) is 89.4 Å². The number of rotatable bonds is 7. The van der Waals surface area contributed by atoms with Crippen LogP contribution in [0.5, 0.6) is 0 Å². The standard InChI is InChI=1S/C25H29BrOSi/c1-25(2,3)28(23-12-6-4-7-13-23,24-14-8-5-9-15-24)27-20-10-11-21-16-18-22(26)19-17-21/h4-9,12-19H,10-11,20H2,1-3H3. The van der Waals surface area contributed by atoms with Gasteiger partial charge in [0.2, 0.25) is 0 Å². The molecule has 0 bridgehead atoms. The fourth-order valence-corrected chi connectivity index (χ4v) is 8.78. The number of hydrogen-bond donors (Lipinski definition) is 0. The molecule has 0 aliphatic heterocycles. The van der Waals surface area contributed by atoms with E-state index in [1.54, 1.807) is 0 Å². The second-order valence-electron chi connectivity index (χ2n) is 8.24. The Balaban J connectivity index is 1.87. The summed E-state index contributed by atoms with van der Waals surface area (Å²) in [5.41, 5.74) is 1.36. The Morgan fingerprint density at radius 3 is 1.71 bits per heavy atom. The molecule has 0 amide bonds. The first kappa shape index (κ1) is 21.0. The maximum absolute atomic E-state index is 6.94.